The Hall–Kier alpha value is -4.00. The number of carbonyl (C=O) groups is 4. The minimum atomic E-state index is -0.508. The third kappa shape index (κ3) is 5.40. The highest BCUT2D eigenvalue weighted by Crippen LogP contribution is 2.30. The molecule has 5 rings (SSSR count). The molecule has 0 unspecified atom stereocenters. The van der Waals surface area contributed by atoms with Gasteiger partial charge in [0.2, 0.25) is 0 Å². The molecule has 7 nitrogen and oxygen atoms in total. The number of nitrogens with zero attached hydrogens (tertiary/aromatic N) is 2. The van der Waals surface area contributed by atoms with E-state index in [1.807, 2.05) is 30.3 Å². The van der Waals surface area contributed by atoms with Crippen LogP contribution in [0.3, 0.4) is 0 Å². The van der Waals surface area contributed by atoms with Crippen molar-refractivity contribution >= 4 is 34.5 Å². The number of esters is 1. The Kier molecular flexibility index (Phi) is 7.30. The summed E-state index contributed by atoms with van der Waals surface area (Å²) in [6, 6.07) is 21.2. The predicted octanol–water partition coefficient (Wildman–Crippen LogP) is 4.24. The van der Waals surface area contributed by atoms with Crippen LogP contribution in [0.15, 0.2) is 66.7 Å². The number of hydrogen-bond acceptors (Lipinski definition) is 5. The topological polar surface area (TPSA) is 84.0 Å². The van der Waals surface area contributed by atoms with Gasteiger partial charge in [-0.3, -0.25) is 24.1 Å². The fourth-order valence-electron chi connectivity index (χ4n) is 5.30. The molecule has 3 aromatic carbocycles. The number of ether oxygens (including phenoxy) is 1. The van der Waals surface area contributed by atoms with Crippen molar-refractivity contribution in [2.75, 3.05) is 26.2 Å². The van der Waals surface area contributed by atoms with Gasteiger partial charge in [0.25, 0.3) is 17.7 Å². The van der Waals surface area contributed by atoms with Crippen LogP contribution in [0.25, 0.3) is 10.8 Å². The minimum absolute atomic E-state index is 0.0232. The lowest BCUT2D eigenvalue weighted by molar-refractivity contribution is -0.152. The van der Waals surface area contributed by atoms with Crippen LogP contribution < -0.4 is 0 Å². The summed E-state index contributed by atoms with van der Waals surface area (Å²) in [4.78, 5) is 53.6. The largest absolute Gasteiger partial charge is 0.456 e. The first-order valence-corrected chi connectivity index (χ1v) is 12.9. The SMILES string of the molecule is O=C(CCCN1C(=O)c2cccc3cccc(c23)C1=O)OCC(=O)N1CCC(Cc2ccccc2)CC1. The number of benzene rings is 3. The number of amides is 3. The van der Waals surface area contributed by atoms with Crippen LogP contribution in [-0.2, 0) is 20.7 Å². The van der Waals surface area contributed by atoms with Gasteiger partial charge < -0.3 is 9.64 Å². The van der Waals surface area contributed by atoms with Crippen LogP contribution in [-0.4, -0.2) is 59.7 Å². The van der Waals surface area contributed by atoms with Gasteiger partial charge in [0.05, 0.1) is 0 Å². The van der Waals surface area contributed by atoms with E-state index in [2.05, 4.69) is 12.1 Å². The van der Waals surface area contributed by atoms with Crippen molar-refractivity contribution in [3.05, 3.63) is 83.4 Å². The molecule has 37 heavy (non-hydrogen) atoms. The molecule has 2 aliphatic rings. The van der Waals surface area contributed by atoms with E-state index in [-0.39, 0.29) is 43.7 Å². The molecule has 1 fully saturated rings. The molecule has 2 aliphatic heterocycles. The van der Waals surface area contributed by atoms with Crippen molar-refractivity contribution < 1.29 is 23.9 Å². The van der Waals surface area contributed by atoms with E-state index in [0.29, 0.717) is 35.5 Å². The lowest BCUT2D eigenvalue weighted by Crippen LogP contribution is -2.41. The lowest BCUT2D eigenvalue weighted by Gasteiger charge is -2.32. The van der Waals surface area contributed by atoms with Gasteiger partial charge >= 0.3 is 5.97 Å². The molecule has 0 aromatic heterocycles. The highest BCUT2D eigenvalue weighted by atomic mass is 16.5. The summed E-state index contributed by atoms with van der Waals surface area (Å²) in [6.45, 7) is 1.17. The van der Waals surface area contributed by atoms with E-state index in [0.717, 1.165) is 24.6 Å². The summed E-state index contributed by atoms with van der Waals surface area (Å²) in [5.41, 5.74) is 2.30. The summed E-state index contributed by atoms with van der Waals surface area (Å²) in [5.74, 6) is -0.848. The molecule has 0 spiro atoms. The highest BCUT2D eigenvalue weighted by Gasteiger charge is 2.32. The molecule has 0 N–H and O–H groups in total. The first kappa shape index (κ1) is 24.7. The van der Waals surface area contributed by atoms with Crippen molar-refractivity contribution in [1.29, 1.82) is 0 Å². The van der Waals surface area contributed by atoms with E-state index < -0.39 is 5.97 Å². The third-order valence-corrected chi connectivity index (χ3v) is 7.31. The molecule has 0 aliphatic carbocycles. The van der Waals surface area contributed by atoms with Crippen molar-refractivity contribution in [2.24, 2.45) is 5.92 Å². The second-order valence-electron chi connectivity index (χ2n) is 9.75. The fourth-order valence-corrected chi connectivity index (χ4v) is 5.30. The molecule has 7 heteroatoms. The van der Waals surface area contributed by atoms with Crippen molar-refractivity contribution in [2.45, 2.75) is 32.1 Å². The van der Waals surface area contributed by atoms with Gasteiger partial charge in [0.1, 0.15) is 0 Å². The maximum Gasteiger partial charge on any atom is 0.306 e. The molecular formula is C30H30N2O5. The highest BCUT2D eigenvalue weighted by molar-refractivity contribution is 6.25. The van der Waals surface area contributed by atoms with E-state index in [9.17, 15) is 19.2 Å². The summed E-state index contributed by atoms with van der Waals surface area (Å²) >= 11 is 0. The van der Waals surface area contributed by atoms with Gasteiger partial charge in [-0.1, -0.05) is 54.6 Å². The smallest absolute Gasteiger partial charge is 0.306 e. The van der Waals surface area contributed by atoms with Crippen LogP contribution in [0.4, 0.5) is 0 Å². The van der Waals surface area contributed by atoms with Gasteiger partial charge in [-0.25, -0.2) is 0 Å². The summed E-state index contributed by atoms with van der Waals surface area (Å²) in [5, 5.41) is 1.53. The Morgan fingerprint density at radius 1 is 0.838 bits per heavy atom. The van der Waals surface area contributed by atoms with E-state index >= 15 is 0 Å². The molecule has 190 valence electrons. The predicted molar refractivity (Wildman–Crippen MR) is 139 cm³/mol. The van der Waals surface area contributed by atoms with Crippen molar-refractivity contribution in [3.8, 4) is 0 Å². The zero-order valence-corrected chi connectivity index (χ0v) is 20.7. The van der Waals surface area contributed by atoms with Gasteiger partial charge in [-0.15, -0.1) is 0 Å². The monoisotopic (exact) mass is 498 g/mol. The Labute approximate surface area is 216 Å². The quantitative estimate of drug-likeness (QED) is 0.343. The maximum absolute atomic E-state index is 12.9. The molecule has 2 heterocycles. The molecule has 0 bridgehead atoms. The molecule has 0 radical (unpaired) electrons. The number of rotatable bonds is 8. The first-order chi connectivity index (χ1) is 18.0. The van der Waals surface area contributed by atoms with E-state index in [1.165, 1.54) is 10.5 Å². The normalized spacial score (nSPS) is 15.8. The van der Waals surface area contributed by atoms with E-state index in [1.54, 1.807) is 29.2 Å². The van der Waals surface area contributed by atoms with Gasteiger partial charge in [0, 0.05) is 42.6 Å². The fraction of sp³-hybridized carbons (Fsp3) is 0.333. The minimum Gasteiger partial charge on any atom is -0.456 e. The Balaban J connectivity index is 1.05. The Bertz CT molecular complexity index is 1280. The van der Waals surface area contributed by atoms with Gasteiger partial charge in [-0.2, -0.15) is 0 Å². The molecule has 1 saturated heterocycles. The average Bonchev–Trinajstić information content (AvgIpc) is 2.93. The van der Waals surface area contributed by atoms with Crippen LogP contribution in [0.5, 0.6) is 0 Å². The molecule has 3 aromatic rings. The van der Waals surface area contributed by atoms with E-state index in [4.69, 9.17) is 4.74 Å². The summed E-state index contributed by atoms with van der Waals surface area (Å²) in [6.07, 6.45) is 3.18. The number of imide groups is 1. The second kappa shape index (κ2) is 10.9. The average molecular weight is 499 g/mol. The number of piperidine rings is 1. The lowest BCUT2D eigenvalue weighted by atomic mass is 9.90. The molecule has 0 saturated carbocycles. The van der Waals surface area contributed by atoms with Crippen LogP contribution in [0, 0.1) is 5.92 Å². The maximum atomic E-state index is 12.9. The van der Waals surface area contributed by atoms with Crippen LogP contribution >= 0.6 is 0 Å². The van der Waals surface area contributed by atoms with Crippen molar-refractivity contribution in [1.82, 2.24) is 9.80 Å². The number of carbonyl (C=O) groups excluding carboxylic acids is 4. The summed E-state index contributed by atoms with van der Waals surface area (Å²) in [7, 11) is 0. The van der Waals surface area contributed by atoms with Crippen LogP contribution in [0.1, 0.15) is 52.0 Å². The Morgan fingerprint density at radius 2 is 1.49 bits per heavy atom. The van der Waals surface area contributed by atoms with Gasteiger partial charge in [-0.05, 0) is 54.7 Å². The Morgan fingerprint density at radius 3 is 2.14 bits per heavy atom. The third-order valence-electron chi connectivity index (χ3n) is 7.31. The molecule has 3 amide bonds. The number of hydrogen-bond donors (Lipinski definition) is 0. The van der Waals surface area contributed by atoms with Gasteiger partial charge in [0.15, 0.2) is 6.61 Å². The second-order valence-corrected chi connectivity index (χ2v) is 9.75. The van der Waals surface area contributed by atoms with Crippen molar-refractivity contribution in [3.63, 3.8) is 0 Å². The molecule has 0 atom stereocenters. The number of likely N-dealkylation sites (tertiary alicyclic amines) is 1. The molecular weight excluding hydrogens is 468 g/mol. The zero-order valence-electron chi connectivity index (χ0n) is 20.7. The zero-order chi connectivity index (χ0) is 25.8. The standard InChI is InChI=1S/C30H30N2O5/c33-26(31-17-14-22(15-18-31)19-21-7-2-1-3-8-21)20-37-27(34)13-6-16-32-29(35)24-11-4-9-23-10-5-12-25(28(23)24)30(32)36/h1-5,7-12,22H,6,13-20H2. The first-order valence-electron chi connectivity index (χ1n) is 12.9. The van der Waals surface area contributed by atoms with Crippen LogP contribution in [0.2, 0.25) is 0 Å². The summed E-state index contributed by atoms with van der Waals surface area (Å²) < 4.78 is 5.21.